The topological polar surface area (TPSA) is 84.3 Å². The maximum atomic E-state index is 12.1. The molecule has 2 N–H and O–H groups in total. The van der Waals surface area contributed by atoms with Crippen LogP contribution >= 0.6 is 12.4 Å². The first-order chi connectivity index (χ1) is 9.61. The van der Waals surface area contributed by atoms with Gasteiger partial charge in [0.15, 0.2) is 0 Å². The van der Waals surface area contributed by atoms with Crippen LogP contribution in [0.4, 0.5) is 5.69 Å². The molecule has 1 amide bonds. The van der Waals surface area contributed by atoms with Gasteiger partial charge in [0, 0.05) is 18.7 Å². The van der Waals surface area contributed by atoms with Gasteiger partial charge in [-0.05, 0) is 24.9 Å². The Kier molecular flexibility index (Phi) is 6.58. The van der Waals surface area contributed by atoms with Gasteiger partial charge < -0.3 is 10.6 Å². The lowest BCUT2D eigenvalue weighted by molar-refractivity contribution is -0.384. The van der Waals surface area contributed by atoms with Crippen molar-refractivity contribution >= 4 is 24.0 Å². The summed E-state index contributed by atoms with van der Waals surface area (Å²) in [5, 5.41) is 17.0. The van der Waals surface area contributed by atoms with Crippen LogP contribution in [-0.2, 0) is 4.79 Å². The zero-order valence-corrected chi connectivity index (χ0v) is 12.7. The highest BCUT2D eigenvalue weighted by Crippen LogP contribution is 2.22. The standard InChI is InChI=1S/C14H19N3O3.ClH/c1-2-13(16-14(18)11-6-7-15-9-11)10-4-3-5-12(8-10)17(19)20;/h3-5,8,11,13,15H,2,6-7,9H2,1H3,(H,16,18);1H. The Morgan fingerprint density at radius 2 is 2.33 bits per heavy atom. The van der Waals surface area contributed by atoms with Crippen LogP contribution in [-0.4, -0.2) is 23.9 Å². The number of hydrogen-bond donors (Lipinski definition) is 2. The Morgan fingerprint density at radius 1 is 1.57 bits per heavy atom. The van der Waals surface area contributed by atoms with Gasteiger partial charge in [-0.25, -0.2) is 0 Å². The molecule has 0 aromatic heterocycles. The molecule has 0 spiro atoms. The number of non-ortho nitro benzene ring substituents is 1. The number of benzene rings is 1. The van der Waals surface area contributed by atoms with Crippen LogP contribution in [0.5, 0.6) is 0 Å². The summed E-state index contributed by atoms with van der Waals surface area (Å²) in [7, 11) is 0. The Balaban J connectivity index is 0.00000220. The Morgan fingerprint density at radius 3 is 2.90 bits per heavy atom. The highest BCUT2D eigenvalue weighted by atomic mass is 35.5. The molecule has 1 fully saturated rings. The Bertz CT molecular complexity index is 504. The van der Waals surface area contributed by atoms with Gasteiger partial charge in [-0.1, -0.05) is 19.1 Å². The average Bonchev–Trinajstić information content (AvgIpc) is 2.99. The van der Waals surface area contributed by atoms with Crippen molar-refractivity contribution in [3.05, 3.63) is 39.9 Å². The molecule has 116 valence electrons. The van der Waals surface area contributed by atoms with Crippen LogP contribution in [0.15, 0.2) is 24.3 Å². The second-order valence-corrected chi connectivity index (χ2v) is 5.01. The highest BCUT2D eigenvalue weighted by Gasteiger charge is 2.24. The minimum Gasteiger partial charge on any atom is -0.349 e. The lowest BCUT2D eigenvalue weighted by Crippen LogP contribution is -2.34. The normalized spacial score (nSPS) is 18.6. The molecular weight excluding hydrogens is 294 g/mol. The van der Waals surface area contributed by atoms with E-state index in [1.54, 1.807) is 6.07 Å². The zero-order chi connectivity index (χ0) is 14.5. The van der Waals surface area contributed by atoms with Gasteiger partial charge in [-0.3, -0.25) is 14.9 Å². The summed E-state index contributed by atoms with van der Waals surface area (Å²) in [4.78, 5) is 22.5. The van der Waals surface area contributed by atoms with Crippen LogP contribution in [0.2, 0.25) is 0 Å². The van der Waals surface area contributed by atoms with E-state index in [9.17, 15) is 14.9 Å². The second kappa shape index (κ2) is 7.95. The summed E-state index contributed by atoms with van der Waals surface area (Å²) in [5.74, 6) is 0.0242. The van der Waals surface area contributed by atoms with Crippen LogP contribution in [0.25, 0.3) is 0 Å². The number of nitro groups is 1. The molecule has 1 saturated heterocycles. The van der Waals surface area contributed by atoms with Crippen molar-refractivity contribution in [2.24, 2.45) is 5.92 Å². The van der Waals surface area contributed by atoms with E-state index in [-0.39, 0.29) is 36.0 Å². The van der Waals surface area contributed by atoms with Gasteiger partial charge in [-0.2, -0.15) is 0 Å². The van der Waals surface area contributed by atoms with Crippen LogP contribution in [0.3, 0.4) is 0 Å². The van der Waals surface area contributed by atoms with E-state index in [0.717, 1.165) is 18.5 Å². The van der Waals surface area contributed by atoms with Gasteiger partial charge in [0.05, 0.1) is 16.9 Å². The monoisotopic (exact) mass is 313 g/mol. The first kappa shape index (κ1) is 17.4. The van der Waals surface area contributed by atoms with Crippen molar-refractivity contribution in [1.82, 2.24) is 10.6 Å². The van der Waals surface area contributed by atoms with E-state index >= 15 is 0 Å². The number of nitrogens with one attached hydrogen (secondary N) is 2. The molecule has 21 heavy (non-hydrogen) atoms. The first-order valence-corrected chi connectivity index (χ1v) is 6.87. The third-order valence-electron chi connectivity index (χ3n) is 3.64. The smallest absolute Gasteiger partial charge is 0.269 e. The zero-order valence-electron chi connectivity index (χ0n) is 11.9. The molecule has 0 bridgehead atoms. The van der Waals surface area contributed by atoms with Crippen LogP contribution in [0, 0.1) is 16.0 Å². The lowest BCUT2D eigenvalue weighted by atomic mass is 10.0. The van der Waals surface area contributed by atoms with E-state index in [2.05, 4.69) is 10.6 Å². The summed E-state index contributed by atoms with van der Waals surface area (Å²) in [6.45, 7) is 3.53. The van der Waals surface area contributed by atoms with Crippen LogP contribution in [0.1, 0.15) is 31.4 Å². The van der Waals surface area contributed by atoms with Crippen molar-refractivity contribution < 1.29 is 9.72 Å². The Hall–Kier alpha value is -1.66. The number of nitrogens with zero attached hydrogens (tertiary/aromatic N) is 1. The summed E-state index contributed by atoms with van der Waals surface area (Å²) in [6.07, 6.45) is 1.55. The van der Waals surface area contributed by atoms with E-state index in [1.807, 2.05) is 13.0 Å². The van der Waals surface area contributed by atoms with E-state index in [0.29, 0.717) is 13.0 Å². The van der Waals surface area contributed by atoms with Gasteiger partial charge in [0.25, 0.3) is 5.69 Å². The molecule has 7 heteroatoms. The summed E-state index contributed by atoms with van der Waals surface area (Å²) in [5.41, 5.74) is 0.832. The van der Waals surface area contributed by atoms with E-state index in [4.69, 9.17) is 0 Å². The van der Waals surface area contributed by atoms with Crippen molar-refractivity contribution in [3.63, 3.8) is 0 Å². The minimum absolute atomic E-state index is 0. The number of carbonyl (C=O) groups is 1. The molecule has 2 rings (SSSR count). The lowest BCUT2D eigenvalue weighted by Gasteiger charge is -2.19. The molecule has 1 heterocycles. The fourth-order valence-corrected chi connectivity index (χ4v) is 2.44. The van der Waals surface area contributed by atoms with Gasteiger partial charge in [0.1, 0.15) is 0 Å². The molecular formula is C14H20ClN3O3. The fourth-order valence-electron chi connectivity index (χ4n) is 2.44. The quantitative estimate of drug-likeness (QED) is 0.644. The molecule has 1 aliphatic heterocycles. The molecule has 6 nitrogen and oxygen atoms in total. The number of nitro benzene ring substituents is 1. The highest BCUT2D eigenvalue weighted by molar-refractivity contribution is 5.85. The van der Waals surface area contributed by atoms with Gasteiger partial charge in [-0.15, -0.1) is 12.4 Å². The Labute approximate surface area is 129 Å². The molecule has 1 aliphatic rings. The number of rotatable bonds is 5. The van der Waals surface area contributed by atoms with E-state index < -0.39 is 4.92 Å². The van der Waals surface area contributed by atoms with Crippen molar-refractivity contribution in [1.29, 1.82) is 0 Å². The third-order valence-corrected chi connectivity index (χ3v) is 3.64. The maximum absolute atomic E-state index is 12.1. The summed E-state index contributed by atoms with van der Waals surface area (Å²) < 4.78 is 0. The third kappa shape index (κ3) is 4.41. The number of halogens is 1. The number of hydrogen-bond acceptors (Lipinski definition) is 4. The SMILES string of the molecule is CCC(NC(=O)C1CCNC1)c1cccc([N+](=O)[O-])c1.Cl. The van der Waals surface area contributed by atoms with Crippen molar-refractivity contribution in [3.8, 4) is 0 Å². The predicted octanol–water partition coefficient (Wildman–Crippen LogP) is 2.19. The average molecular weight is 314 g/mol. The minimum atomic E-state index is -0.418. The maximum Gasteiger partial charge on any atom is 0.269 e. The van der Waals surface area contributed by atoms with Crippen molar-refractivity contribution in [2.45, 2.75) is 25.8 Å². The van der Waals surface area contributed by atoms with Crippen LogP contribution < -0.4 is 10.6 Å². The summed E-state index contributed by atoms with van der Waals surface area (Å²) in [6, 6.07) is 6.27. The van der Waals surface area contributed by atoms with E-state index in [1.165, 1.54) is 12.1 Å². The van der Waals surface area contributed by atoms with Gasteiger partial charge >= 0.3 is 0 Å². The molecule has 0 radical (unpaired) electrons. The fraction of sp³-hybridized carbons (Fsp3) is 0.500. The predicted molar refractivity (Wildman–Crippen MR) is 82.5 cm³/mol. The molecule has 0 aliphatic carbocycles. The second-order valence-electron chi connectivity index (χ2n) is 5.01. The number of amides is 1. The van der Waals surface area contributed by atoms with Crippen molar-refractivity contribution in [2.75, 3.05) is 13.1 Å². The molecule has 1 aromatic rings. The molecule has 2 unspecified atom stereocenters. The number of carbonyl (C=O) groups excluding carboxylic acids is 1. The molecule has 0 saturated carbocycles. The summed E-state index contributed by atoms with van der Waals surface area (Å²) >= 11 is 0. The molecule has 2 atom stereocenters. The molecule has 1 aromatic carbocycles. The largest absolute Gasteiger partial charge is 0.349 e. The van der Waals surface area contributed by atoms with Gasteiger partial charge in [0.2, 0.25) is 5.91 Å². The first-order valence-electron chi connectivity index (χ1n) is 6.87.